The molecule has 0 atom stereocenters. The molecule has 0 aromatic heterocycles. The Morgan fingerprint density at radius 1 is 1.57 bits per heavy atom. The van der Waals surface area contributed by atoms with E-state index in [0.717, 1.165) is 15.8 Å². The van der Waals surface area contributed by atoms with Gasteiger partial charge in [-0.05, 0) is 18.2 Å². The van der Waals surface area contributed by atoms with Gasteiger partial charge in [-0.3, -0.25) is 0 Å². The number of hydrogen-bond acceptors (Lipinski definition) is 2. The van der Waals surface area contributed by atoms with Gasteiger partial charge in [0.2, 0.25) is 0 Å². The number of hydrogen-bond donors (Lipinski definition) is 1. The average molecular weight is 277 g/mol. The molecule has 0 aliphatic rings. The van der Waals surface area contributed by atoms with Crippen LogP contribution in [0.3, 0.4) is 0 Å². The quantitative estimate of drug-likeness (QED) is 0.917. The molecule has 0 saturated carbocycles. The molecular formula is C10H11BrClNO. The van der Waals surface area contributed by atoms with Gasteiger partial charge in [0.25, 0.3) is 0 Å². The fourth-order valence-corrected chi connectivity index (χ4v) is 1.47. The van der Waals surface area contributed by atoms with Crippen molar-refractivity contribution in [3.63, 3.8) is 0 Å². The third-order valence-corrected chi connectivity index (χ3v) is 2.23. The molecular weight excluding hydrogens is 265 g/mol. The van der Waals surface area contributed by atoms with Crippen molar-refractivity contribution in [1.29, 1.82) is 0 Å². The molecule has 2 nitrogen and oxygen atoms in total. The molecule has 0 amide bonds. The molecule has 1 aromatic rings. The first-order chi connectivity index (χ1) is 6.63. The molecule has 4 heteroatoms. The van der Waals surface area contributed by atoms with E-state index in [1.807, 2.05) is 18.2 Å². The van der Waals surface area contributed by atoms with E-state index in [9.17, 15) is 0 Å². The van der Waals surface area contributed by atoms with Crippen molar-refractivity contribution >= 4 is 27.5 Å². The third kappa shape index (κ3) is 3.33. The highest BCUT2D eigenvalue weighted by molar-refractivity contribution is 9.10. The SMILES string of the molecule is C=C(Cl)COc1ccc(Br)cc1CN. The molecule has 0 bridgehead atoms. The normalized spacial score (nSPS) is 9.93. The summed E-state index contributed by atoms with van der Waals surface area (Å²) in [7, 11) is 0. The largest absolute Gasteiger partial charge is 0.488 e. The average Bonchev–Trinajstić information content (AvgIpc) is 2.15. The van der Waals surface area contributed by atoms with E-state index in [1.54, 1.807) is 0 Å². The van der Waals surface area contributed by atoms with Crippen molar-refractivity contribution in [1.82, 2.24) is 0 Å². The highest BCUT2D eigenvalue weighted by Gasteiger charge is 2.02. The second kappa shape index (κ2) is 5.39. The van der Waals surface area contributed by atoms with E-state index in [2.05, 4.69) is 22.5 Å². The molecule has 0 heterocycles. The van der Waals surface area contributed by atoms with Crippen LogP contribution in [0.1, 0.15) is 5.56 Å². The Morgan fingerprint density at radius 2 is 2.29 bits per heavy atom. The van der Waals surface area contributed by atoms with Crippen molar-refractivity contribution in [3.05, 3.63) is 39.8 Å². The summed E-state index contributed by atoms with van der Waals surface area (Å²) >= 11 is 8.96. The van der Waals surface area contributed by atoms with Crippen LogP contribution in [-0.4, -0.2) is 6.61 Å². The number of halogens is 2. The topological polar surface area (TPSA) is 35.2 Å². The van der Waals surface area contributed by atoms with Gasteiger partial charge < -0.3 is 10.5 Å². The molecule has 76 valence electrons. The van der Waals surface area contributed by atoms with E-state index in [0.29, 0.717) is 18.2 Å². The lowest BCUT2D eigenvalue weighted by atomic mass is 10.2. The van der Waals surface area contributed by atoms with Gasteiger partial charge in [0.05, 0.1) is 0 Å². The standard InChI is InChI=1S/C10H11BrClNO/c1-7(12)6-14-10-3-2-9(11)4-8(10)5-13/h2-4H,1,5-6,13H2. The summed E-state index contributed by atoms with van der Waals surface area (Å²) in [5.74, 6) is 0.748. The molecule has 1 aromatic carbocycles. The Hall–Kier alpha value is -0.510. The Bertz CT molecular complexity index is 341. The van der Waals surface area contributed by atoms with E-state index in [1.165, 1.54) is 0 Å². The monoisotopic (exact) mass is 275 g/mol. The first-order valence-corrected chi connectivity index (χ1v) is 5.25. The Kier molecular flexibility index (Phi) is 4.45. The van der Waals surface area contributed by atoms with Crippen molar-refractivity contribution in [3.8, 4) is 5.75 Å². The second-order valence-electron chi connectivity index (χ2n) is 2.76. The third-order valence-electron chi connectivity index (χ3n) is 1.63. The summed E-state index contributed by atoms with van der Waals surface area (Å²) in [6.07, 6.45) is 0. The van der Waals surface area contributed by atoms with Crippen LogP contribution < -0.4 is 10.5 Å². The molecule has 0 spiro atoms. The van der Waals surface area contributed by atoms with E-state index < -0.39 is 0 Å². The van der Waals surface area contributed by atoms with Crippen LogP contribution in [-0.2, 0) is 6.54 Å². The predicted octanol–water partition coefficient (Wildman–Crippen LogP) is 3.04. The zero-order valence-corrected chi connectivity index (χ0v) is 9.94. The van der Waals surface area contributed by atoms with Crippen LogP contribution in [0.2, 0.25) is 0 Å². The van der Waals surface area contributed by atoms with Gasteiger partial charge >= 0.3 is 0 Å². The van der Waals surface area contributed by atoms with Crippen molar-refractivity contribution in [2.75, 3.05) is 6.61 Å². The minimum absolute atomic E-state index is 0.302. The van der Waals surface area contributed by atoms with Crippen molar-refractivity contribution < 1.29 is 4.74 Å². The lowest BCUT2D eigenvalue weighted by molar-refractivity contribution is 0.355. The number of nitrogens with two attached hydrogens (primary N) is 1. The Balaban J connectivity index is 2.80. The van der Waals surface area contributed by atoms with Gasteiger partial charge in [-0.15, -0.1) is 0 Å². The van der Waals surface area contributed by atoms with Gasteiger partial charge in [0.1, 0.15) is 12.4 Å². The molecule has 0 radical (unpaired) electrons. The maximum absolute atomic E-state index is 5.59. The van der Waals surface area contributed by atoms with E-state index in [4.69, 9.17) is 22.1 Å². The van der Waals surface area contributed by atoms with Gasteiger partial charge in [-0.1, -0.05) is 34.1 Å². The van der Waals surface area contributed by atoms with Gasteiger partial charge in [-0.2, -0.15) is 0 Å². The van der Waals surface area contributed by atoms with Crippen molar-refractivity contribution in [2.24, 2.45) is 5.73 Å². The zero-order valence-electron chi connectivity index (χ0n) is 7.59. The molecule has 2 N–H and O–H groups in total. The first-order valence-electron chi connectivity index (χ1n) is 4.08. The summed E-state index contributed by atoms with van der Waals surface area (Å²) in [5.41, 5.74) is 6.51. The van der Waals surface area contributed by atoms with Gasteiger partial charge in [-0.25, -0.2) is 0 Å². The molecule has 1 rings (SSSR count). The van der Waals surface area contributed by atoms with Crippen LogP contribution in [0.15, 0.2) is 34.3 Å². The fourth-order valence-electron chi connectivity index (χ4n) is 1.00. The highest BCUT2D eigenvalue weighted by Crippen LogP contribution is 2.23. The van der Waals surface area contributed by atoms with Crippen LogP contribution in [0.5, 0.6) is 5.75 Å². The van der Waals surface area contributed by atoms with Crippen LogP contribution >= 0.6 is 27.5 Å². The molecule has 0 fully saturated rings. The second-order valence-corrected chi connectivity index (χ2v) is 4.21. The molecule has 0 aliphatic carbocycles. The van der Waals surface area contributed by atoms with Crippen LogP contribution in [0.25, 0.3) is 0 Å². The molecule has 0 unspecified atom stereocenters. The lowest BCUT2D eigenvalue weighted by Crippen LogP contribution is -2.03. The fraction of sp³-hybridized carbons (Fsp3) is 0.200. The smallest absolute Gasteiger partial charge is 0.124 e. The summed E-state index contributed by atoms with van der Waals surface area (Å²) < 4.78 is 6.39. The summed E-state index contributed by atoms with van der Waals surface area (Å²) in [5, 5.41) is 0.468. The molecule has 14 heavy (non-hydrogen) atoms. The summed E-state index contributed by atoms with van der Waals surface area (Å²) in [4.78, 5) is 0. The molecule has 0 aliphatic heterocycles. The van der Waals surface area contributed by atoms with Crippen LogP contribution in [0, 0.1) is 0 Å². The summed E-state index contributed by atoms with van der Waals surface area (Å²) in [6, 6.07) is 5.67. The maximum atomic E-state index is 5.59. The van der Waals surface area contributed by atoms with E-state index in [-0.39, 0.29) is 0 Å². The first kappa shape index (κ1) is 11.6. The molecule has 0 saturated heterocycles. The van der Waals surface area contributed by atoms with Crippen LogP contribution in [0.4, 0.5) is 0 Å². The maximum Gasteiger partial charge on any atom is 0.124 e. The number of benzene rings is 1. The number of ether oxygens (including phenoxy) is 1. The lowest BCUT2D eigenvalue weighted by Gasteiger charge is -2.09. The minimum atomic E-state index is 0.302. The highest BCUT2D eigenvalue weighted by atomic mass is 79.9. The Labute approximate surface area is 96.8 Å². The predicted molar refractivity (Wildman–Crippen MR) is 62.5 cm³/mol. The number of rotatable bonds is 4. The van der Waals surface area contributed by atoms with Crippen molar-refractivity contribution in [2.45, 2.75) is 6.54 Å². The Morgan fingerprint density at radius 3 is 2.86 bits per heavy atom. The zero-order chi connectivity index (χ0) is 10.6. The minimum Gasteiger partial charge on any atom is -0.488 e. The van der Waals surface area contributed by atoms with Gasteiger partial charge in [0.15, 0.2) is 0 Å². The van der Waals surface area contributed by atoms with Gasteiger partial charge in [0, 0.05) is 21.6 Å². The van der Waals surface area contributed by atoms with E-state index >= 15 is 0 Å². The summed E-state index contributed by atoms with van der Waals surface area (Å²) in [6.45, 7) is 4.28.